The van der Waals surface area contributed by atoms with Crippen LogP contribution in [-0.2, 0) is 0 Å². The van der Waals surface area contributed by atoms with Gasteiger partial charge in [-0.25, -0.2) is 0 Å². The summed E-state index contributed by atoms with van der Waals surface area (Å²) in [5.41, 5.74) is 0. The van der Waals surface area contributed by atoms with Gasteiger partial charge < -0.3 is 0 Å². The van der Waals surface area contributed by atoms with E-state index in [1.807, 2.05) is 0 Å². The monoisotopic (exact) mass is 226 g/mol. The van der Waals surface area contributed by atoms with Crippen molar-refractivity contribution in [2.75, 3.05) is 9.36 Å². The Hall–Kier alpha value is 0.730. The molecule has 0 nitrogen and oxygen atoms in total. The van der Waals surface area contributed by atoms with Gasteiger partial charge in [0.15, 0.2) is 0 Å². The fraction of sp³-hybridized carbons (Fsp3) is 1.00. The van der Waals surface area contributed by atoms with Crippen LogP contribution in [0.25, 0.3) is 0 Å². The Kier molecular flexibility index (Phi) is 1.85. The fourth-order valence-corrected chi connectivity index (χ4v) is 5.39. The molecule has 0 saturated carbocycles. The molecule has 0 amide bonds. The molecule has 0 aromatic heterocycles. The molecule has 1 saturated heterocycles. The van der Waals surface area contributed by atoms with Crippen LogP contribution >= 0.6 is 19.8 Å². The van der Waals surface area contributed by atoms with Gasteiger partial charge >= 0.3 is 59.3 Å². The molecule has 1 fully saturated rings. The van der Waals surface area contributed by atoms with Crippen molar-refractivity contribution in [1.82, 2.24) is 0 Å². The topological polar surface area (TPSA) is 0 Å². The molecule has 0 radical (unpaired) electrons. The van der Waals surface area contributed by atoms with Crippen LogP contribution in [0.3, 0.4) is 0 Å². The summed E-state index contributed by atoms with van der Waals surface area (Å²) < 4.78 is 2.42. The summed E-state index contributed by atoms with van der Waals surface area (Å²) in [5.74, 6) is 0. The average molecular weight is 226 g/mol. The molecule has 0 unspecified atom stereocenters. The number of hydrogen-bond acceptors (Lipinski definition) is 0. The summed E-state index contributed by atoms with van der Waals surface area (Å²) >= 11 is -0.415. The molecule has 1 rings (SSSR count). The van der Waals surface area contributed by atoms with Crippen molar-refractivity contribution in [3.05, 3.63) is 0 Å². The Morgan fingerprint density at radius 2 is 2.00 bits per heavy atom. The van der Waals surface area contributed by atoms with Gasteiger partial charge in [-0.05, 0) is 0 Å². The van der Waals surface area contributed by atoms with E-state index in [2.05, 4.69) is 18.8 Å². The van der Waals surface area contributed by atoms with Crippen LogP contribution in [0.2, 0.25) is 0 Å². The standard InChI is InChI=1S/C7H15I/c1-7(2)5-4-6-8(7)3/h4-6H2,1-3H3. The van der Waals surface area contributed by atoms with Crippen molar-refractivity contribution < 1.29 is 0 Å². The third kappa shape index (κ3) is 1.17. The summed E-state index contributed by atoms with van der Waals surface area (Å²) in [4.78, 5) is 2.52. The van der Waals surface area contributed by atoms with Gasteiger partial charge in [0.05, 0.1) is 0 Å². The van der Waals surface area contributed by atoms with Crippen molar-refractivity contribution >= 4 is 19.8 Å². The predicted octanol–water partition coefficient (Wildman–Crippen LogP) is 2.70. The molecule has 0 aliphatic carbocycles. The predicted molar refractivity (Wildman–Crippen MR) is 48.1 cm³/mol. The maximum absolute atomic E-state index is 2.52. The zero-order chi connectivity index (χ0) is 6.20. The summed E-state index contributed by atoms with van der Waals surface area (Å²) in [6.45, 7) is 4.90. The van der Waals surface area contributed by atoms with Crippen LogP contribution in [0.1, 0.15) is 26.7 Å². The van der Waals surface area contributed by atoms with E-state index in [1.165, 1.54) is 12.8 Å². The molecule has 1 heterocycles. The molecule has 1 aliphatic heterocycles. The second-order valence-corrected chi connectivity index (χ2v) is 10.5. The van der Waals surface area contributed by atoms with Crippen molar-refractivity contribution in [2.24, 2.45) is 0 Å². The van der Waals surface area contributed by atoms with Gasteiger partial charge in [0.1, 0.15) is 0 Å². The van der Waals surface area contributed by atoms with Crippen LogP contribution < -0.4 is 0 Å². The van der Waals surface area contributed by atoms with Crippen molar-refractivity contribution in [1.29, 1.82) is 0 Å². The Morgan fingerprint density at radius 3 is 2.12 bits per heavy atom. The van der Waals surface area contributed by atoms with Gasteiger partial charge in [-0.3, -0.25) is 0 Å². The summed E-state index contributed by atoms with van der Waals surface area (Å²) in [6.07, 6.45) is 3.03. The summed E-state index contributed by atoms with van der Waals surface area (Å²) in [5, 5.41) is 0. The molecule has 0 N–H and O–H groups in total. The van der Waals surface area contributed by atoms with E-state index in [-0.39, 0.29) is 0 Å². The Bertz CT molecular complexity index is 86.4. The first-order valence-corrected chi connectivity index (χ1v) is 7.95. The maximum atomic E-state index is 2.52. The third-order valence-electron chi connectivity index (χ3n) is 2.06. The van der Waals surface area contributed by atoms with Gasteiger partial charge in [-0.15, -0.1) is 0 Å². The minimum atomic E-state index is -0.415. The molecule has 0 spiro atoms. The van der Waals surface area contributed by atoms with E-state index >= 15 is 0 Å². The quantitative estimate of drug-likeness (QED) is 0.440. The third-order valence-corrected chi connectivity index (χ3v) is 9.97. The van der Waals surface area contributed by atoms with Crippen molar-refractivity contribution in [3.63, 3.8) is 0 Å². The normalized spacial score (nSPS) is 31.1. The first kappa shape index (κ1) is 6.84. The van der Waals surface area contributed by atoms with Gasteiger partial charge in [0.2, 0.25) is 0 Å². The van der Waals surface area contributed by atoms with E-state index in [0.29, 0.717) is 0 Å². The molecule has 50 valence electrons. The van der Waals surface area contributed by atoms with Crippen molar-refractivity contribution in [2.45, 2.75) is 30.1 Å². The first-order valence-electron chi connectivity index (χ1n) is 3.19. The van der Waals surface area contributed by atoms with Crippen LogP contribution in [0.15, 0.2) is 0 Å². The Morgan fingerprint density at radius 1 is 1.38 bits per heavy atom. The molecule has 0 bridgehead atoms. The fourth-order valence-electron chi connectivity index (χ4n) is 1.10. The minimum absolute atomic E-state index is 0.415. The van der Waals surface area contributed by atoms with E-state index in [1.54, 1.807) is 4.43 Å². The molecule has 0 aromatic rings. The van der Waals surface area contributed by atoms with Gasteiger partial charge in [0.25, 0.3) is 0 Å². The van der Waals surface area contributed by atoms with Crippen LogP contribution in [0, 0.1) is 0 Å². The van der Waals surface area contributed by atoms with Gasteiger partial charge in [-0.2, -0.15) is 0 Å². The number of rotatable bonds is 0. The summed E-state index contributed by atoms with van der Waals surface area (Å²) in [7, 11) is 0. The van der Waals surface area contributed by atoms with Crippen LogP contribution in [0.5, 0.6) is 0 Å². The second-order valence-electron chi connectivity index (χ2n) is 3.10. The zero-order valence-electron chi connectivity index (χ0n) is 6.00. The van der Waals surface area contributed by atoms with E-state index in [4.69, 9.17) is 0 Å². The van der Waals surface area contributed by atoms with E-state index < -0.39 is 19.8 Å². The Balaban J connectivity index is 2.54. The van der Waals surface area contributed by atoms with Crippen molar-refractivity contribution in [3.8, 4) is 0 Å². The zero-order valence-corrected chi connectivity index (χ0v) is 8.16. The Labute approximate surface area is 59.4 Å². The molecular formula is C7H15I. The first-order chi connectivity index (χ1) is 3.63. The molecular weight excluding hydrogens is 211 g/mol. The molecule has 0 atom stereocenters. The van der Waals surface area contributed by atoms with Gasteiger partial charge in [0, 0.05) is 0 Å². The SMILES string of the molecule is CI1CCCC1(C)C. The number of alkyl halides is 3. The molecule has 0 aromatic carbocycles. The number of halogens is 1. The average Bonchev–Trinajstić information content (AvgIpc) is 1.86. The molecule has 8 heavy (non-hydrogen) atoms. The van der Waals surface area contributed by atoms with Crippen LogP contribution in [-0.4, -0.2) is 12.8 Å². The molecule has 1 heteroatoms. The summed E-state index contributed by atoms with van der Waals surface area (Å²) in [6, 6.07) is 0. The molecule has 1 aliphatic rings. The van der Waals surface area contributed by atoms with E-state index in [9.17, 15) is 0 Å². The van der Waals surface area contributed by atoms with Crippen LogP contribution in [0.4, 0.5) is 0 Å². The van der Waals surface area contributed by atoms with E-state index in [0.717, 1.165) is 3.42 Å². The number of hydrogen-bond donors (Lipinski definition) is 0. The second kappa shape index (κ2) is 2.16. The van der Waals surface area contributed by atoms with Gasteiger partial charge in [-0.1, -0.05) is 0 Å².